The Morgan fingerprint density at radius 3 is 2.56 bits per heavy atom. The van der Waals surface area contributed by atoms with Gasteiger partial charge in [-0.05, 0) is 31.4 Å². The zero-order valence-electron chi connectivity index (χ0n) is 14.6. The summed E-state index contributed by atoms with van der Waals surface area (Å²) in [5.74, 6) is -1.36. The third-order valence-electron chi connectivity index (χ3n) is 3.81. The molecule has 0 fully saturated rings. The first-order valence-corrected chi connectivity index (χ1v) is 7.90. The van der Waals surface area contributed by atoms with Crippen LogP contribution in [0.1, 0.15) is 48.7 Å². The van der Waals surface area contributed by atoms with Gasteiger partial charge in [-0.3, -0.25) is 4.79 Å². The lowest BCUT2D eigenvalue weighted by atomic mass is 10.0. The van der Waals surface area contributed by atoms with Gasteiger partial charge in [-0.15, -0.1) is 5.10 Å². The van der Waals surface area contributed by atoms with Crippen molar-refractivity contribution in [2.45, 2.75) is 39.2 Å². The van der Waals surface area contributed by atoms with E-state index < -0.39 is 24.0 Å². The van der Waals surface area contributed by atoms with E-state index in [1.807, 2.05) is 24.3 Å². The smallest absolute Gasteiger partial charge is 0.337 e. The second-order valence-corrected chi connectivity index (χ2v) is 6.37. The Morgan fingerprint density at radius 2 is 1.96 bits per heavy atom. The molecule has 0 aliphatic heterocycles. The van der Waals surface area contributed by atoms with E-state index in [1.165, 1.54) is 0 Å². The minimum absolute atomic E-state index is 0.0859. The molecule has 8 heteroatoms. The third kappa shape index (κ3) is 4.03. The summed E-state index contributed by atoms with van der Waals surface area (Å²) in [7, 11) is 0. The number of benzene rings is 1. The van der Waals surface area contributed by atoms with Crippen LogP contribution < -0.4 is 5.32 Å². The van der Waals surface area contributed by atoms with Gasteiger partial charge in [0, 0.05) is 0 Å². The number of carbonyl (C=O) groups excluding carboxylic acids is 1. The Balaban J connectivity index is 2.26. The van der Waals surface area contributed by atoms with Crippen LogP contribution in [0.5, 0.6) is 0 Å². The molecule has 8 nitrogen and oxygen atoms in total. The summed E-state index contributed by atoms with van der Waals surface area (Å²) in [6.07, 6.45) is 0. The fraction of sp³-hybridized carbons (Fsp3) is 0.412. The minimum Gasteiger partial charge on any atom is -0.479 e. The molecular weight excluding hydrogens is 324 g/mol. The summed E-state index contributed by atoms with van der Waals surface area (Å²) in [5, 5.41) is 25.1. The molecule has 0 saturated carbocycles. The number of amides is 1. The van der Waals surface area contributed by atoms with E-state index in [9.17, 15) is 14.7 Å². The average molecular weight is 346 g/mol. The van der Waals surface area contributed by atoms with E-state index in [2.05, 4.69) is 29.2 Å². The zero-order valence-corrected chi connectivity index (χ0v) is 14.6. The van der Waals surface area contributed by atoms with Crippen LogP contribution in [0.4, 0.5) is 0 Å². The monoisotopic (exact) mass is 346 g/mol. The molecule has 1 aromatic carbocycles. The summed E-state index contributed by atoms with van der Waals surface area (Å²) < 4.78 is 1.58. The quantitative estimate of drug-likeness (QED) is 0.725. The topological polar surface area (TPSA) is 117 Å². The van der Waals surface area contributed by atoms with Crippen LogP contribution in [0.2, 0.25) is 0 Å². The molecule has 0 radical (unpaired) electrons. The van der Waals surface area contributed by atoms with Crippen LogP contribution >= 0.6 is 0 Å². The van der Waals surface area contributed by atoms with Crippen LogP contribution in [0, 0.1) is 6.92 Å². The van der Waals surface area contributed by atoms with Crippen molar-refractivity contribution in [3.63, 3.8) is 0 Å². The van der Waals surface area contributed by atoms with E-state index >= 15 is 0 Å². The summed E-state index contributed by atoms with van der Waals surface area (Å²) in [4.78, 5) is 27.2. The number of aromatic nitrogens is 3. The maximum Gasteiger partial charge on any atom is 0.337 e. The summed E-state index contributed by atoms with van der Waals surface area (Å²) in [6.45, 7) is 6.51. The van der Waals surface area contributed by atoms with Crippen molar-refractivity contribution in [3.05, 3.63) is 41.5 Å². The summed E-state index contributed by atoms with van der Waals surface area (Å²) >= 11 is 0. The molecule has 134 valence electrons. The van der Waals surface area contributed by atoms with Gasteiger partial charge in [0.15, 0.2) is 5.60 Å². The number of hydrogen-bond donors (Lipinski definition) is 3. The second kappa shape index (κ2) is 7.02. The average Bonchev–Trinajstić information content (AvgIpc) is 2.94. The van der Waals surface area contributed by atoms with E-state index in [1.54, 1.807) is 11.6 Å². The highest BCUT2D eigenvalue weighted by atomic mass is 16.4. The van der Waals surface area contributed by atoms with Crippen molar-refractivity contribution in [1.29, 1.82) is 0 Å². The normalized spacial score (nSPS) is 13.5. The Kier molecular flexibility index (Phi) is 5.22. The molecule has 1 heterocycles. The standard InChI is InChI=1S/C17H22N4O4/c1-10(2)12-7-5-6-8-13(12)21-11(3)19-14(20-21)15(22)18-9-17(4,25)16(23)24/h5-8,10,25H,9H2,1-4H3,(H,18,22)(H,23,24). The summed E-state index contributed by atoms with van der Waals surface area (Å²) in [6, 6.07) is 7.71. The van der Waals surface area contributed by atoms with E-state index in [-0.39, 0.29) is 11.7 Å². The number of nitrogens with zero attached hydrogens (tertiary/aromatic N) is 3. The third-order valence-corrected chi connectivity index (χ3v) is 3.81. The van der Waals surface area contributed by atoms with Gasteiger partial charge in [0.2, 0.25) is 5.82 Å². The number of carboxylic acid groups (broad SMARTS) is 1. The number of aliphatic carboxylic acids is 1. The minimum atomic E-state index is -2.06. The molecule has 1 unspecified atom stereocenters. The molecule has 3 N–H and O–H groups in total. The number of rotatable bonds is 6. The molecular formula is C17H22N4O4. The Labute approximate surface area is 145 Å². The zero-order chi connectivity index (χ0) is 18.8. The lowest BCUT2D eigenvalue weighted by Gasteiger charge is -2.17. The van der Waals surface area contributed by atoms with E-state index in [4.69, 9.17) is 5.11 Å². The molecule has 1 amide bonds. The number of aliphatic hydroxyl groups is 1. The maximum absolute atomic E-state index is 12.2. The van der Waals surface area contributed by atoms with Crippen molar-refractivity contribution < 1.29 is 19.8 Å². The number of carbonyl (C=O) groups is 2. The maximum atomic E-state index is 12.2. The van der Waals surface area contributed by atoms with Gasteiger partial charge < -0.3 is 15.5 Å². The van der Waals surface area contributed by atoms with Gasteiger partial charge in [-0.1, -0.05) is 32.0 Å². The predicted octanol–water partition coefficient (Wildman–Crippen LogP) is 1.26. The highest BCUT2D eigenvalue weighted by molar-refractivity contribution is 5.91. The number of para-hydroxylation sites is 1. The number of aryl methyl sites for hydroxylation is 1. The van der Waals surface area contributed by atoms with Crippen molar-refractivity contribution in [3.8, 4) is 5.69 Å². The van der Waals surface area contributed by atoms with Crippen molar-refractivity contribution in [2.75, 3.05) is 6.54 Å². The van der Waals surface area contributed by atoms with Crippen LogP contribution in [0.25, 0.3) is 5.69 Å². The molecule has 0 bridgehead atoms. The van der Waals surface area contributed by atoms with Crippen molar-refractivity contribution in [2.24, 2.45) is 0 Å². The Hall–Kier alpha value is -2.74. The molecule has 2 rings (SSSR count). The predicted molar refractivity (Wildman–Crippen MR) is 90.8 cm³/mol. The largest absolute Gasteiger partial charge is 0.479 e. The highest BCUT2D eigenvalue weighted by Gasteiger charge is 2.31. The van der Waals surface area contributed by atoms with Crippen LogP contribution in [0.3, 0.4) is 0 Å². The lowest BCUT2D eigenvalue weighted by molar-refractivity contribution is -0.155. The van der Waals surface area contributed by atoms with Crippen molar-refractivity contribution >= 4 is 11.9 Å². The fourth-order valence-electron chi connectivity index (χ4n) is 2.29. The number of hydrogen-bond acceptors (Lipinski definition) is 5. The summed E-state index contributed by atoms with van der Waals surface area (Å²) in [5.41, 5.74) is -0.160. The molecule has 0 spiro atoms. The SMILES string of the molecule is Cc1nc(C(=O)NCC(C)(O)C(=O)O)nn1-c1ccccc1C(C)C. The van der Waals surface area contributed by atoms with Crippen molar-refractivity contribution in [1.82, 2.24) is 20.1 Å². The second-order valence-electron chi connectivity index (χ2n) is 6.37. The first-order valence-electron chi connectivity index (χ1n) is 7.90. The van der Waals surface area contributed by atoms with E-state index in [0.717, 1.165) is 18.2 Å². The van der Waals surface area contributed by atoms with Crippen LogP contribution in [0.15, 0.2) is 24.3 Å². The molecule has 25 heavy (non-hydrogen) atoms. The van der Waals surface area contributed by atoms with Gasteiger partial charge in [0.25, 0.3) is 5.91 Å². The highest BCUT2D eigenvalue weighted by Crippen LogP contribution is 2.23. The van der Waals surface area contributed by atoms with Gasteiger partial charge in [0.05, 0.1) is 12.2 Å². The van der Waals surface area contributed by atoms with Crippen LogP contribution in [-0.2, 0) is 4.79 Å². The van der Waals surface area contributed by atoms with Crippen LogP contribution in [-0.4, -0.2) is 49.0 Å². The van der Waals surface area contributed by atoms with E-state index in [0.29, 0.717) is 5.82 Å². The van der Waals surface area contributed by atoms with Gasteiger partial charge in [-0.2, -0.15) is 0 Å². The van der Waals surface area contributed by atoms with Gasteiger partial charge in [-0.25, -0.2) is 14.5 Å². The first-order chi connectivity index (χ1) is 11.6. The Morgan fingerprint density at radius 1 is 1.32 bits per heavy atom. The van der Waals surface area contributed by atoms with Gasteiger partial charge in [0.1, 0.15) is 5.82 Å². The fourth-order valence-corrected chi connectivity index (χ4v) is 2.29. The molecule has 2 aromatic rings. The lowest BCUT2D eigenvalue weighted by Crippen LogP contribution is -2.46. The Bertz CT molecular complexity index is 796. The molecule has 0 saturated heterocycles. The molecule has 0 aliphatic rings. The number of nitrogens with one attached hydrogen (secondary N) is 1. The van der Waals surface area contributed by atoms with Gasteiger partial charge >= 0.3 is 5.97 Å². The molecule has 1 atom stereocenters. The molecule has 1 aromatic heterocycles. The first kappa shape index (κ1) is 18.6. The molecule has 0 aliphatic carbocycles. The number of carboxylic acids is 1.